The number of carbonyl (C=O) groups is 3. The molecule has 2 aromatic carbocycles. The van der Waals surface area contributed by atoms with Gasteiger partial charge in [-0.2, -0.15) is 0 Å². The third-order valence-corrected chi connectivity index (χ3v) is 4.74. The Labute approximate surface area is 165 Å². The average molecular weight is 399 g/mol. The highest BCUT2D eigenvalue weighted by molar-refractivity contribution is 8.19. The lowest BCUT2D eigenvalue weighted by atomic mass is 10.2. The standard InChI is InChI=1S/C20H17NO6S/c1-26-16-11-13(7-8-15(16)27-10-9-18(22)23)12-17-19(24)21(20(25)28-17)14-5-3-2-4-6-14/h2-8,11-12H,9-10H2,1H3,(H,22,23)/b17-12+. The van der Waals surface area contributed by atoms with Gasteiger partial charge in [0.05, 0.1) is 30.7 Å². The van der Waals surface area contributed by atoms with Gasteiger partial charge in [0, 0.05) is 0 Å². The number of aliphatic carboxylic acids is 1. The second-order valence-corrected chi connectivity index (χ2v) is 6.75. The lowest BCUT2D eigenvalue weighted by Gasteiger charge is -2.12. The minimum atomic E-state index is -0.954. The molecule has 7 nitrogen and oxygen atoms in total. The SMILES string of the molecule is COc1cc(/C=C2/SC(=O)N(c3ccccc3)C2=O)ccc1OCCC(=O)O. The summed E-state index contributed by atoms with van der Waals surface area (Å²) in [6.45, 7) is 0.0149. The first-order chi connectivity index (χ1) is 13.5. The average Bonchev–Trinajstić information content (AvgIpc) is 2.96. The lowest BCUT2D eigenvalue weighted by molar-refractivity contribution is -0.137. The van der Waals surface area contributed by atoms with Gasteiger partial charge in [0.15, 0.2) is 11.5 Å². The molecule has 0 radical (unpaired) electrons. The van der Waals surface area contributed by atoms with Gasteiger partial charge in [-0.15, -0.1) is 0 Å². The summed E-state index contributed by atoms with van der Waals surface area (Å²) in [5.74, 6) is -0.536. The number of rotatable bonds is 7. The molecule has 1 fully saturated rings. The summed E-state index contributed by atoms with van der Waals surface area (Å²) in [5.41, 5.74) is 1.18. The van der Waals surface area contributed by atoms with E-state index < -0.39 is 5.97 Å². The second-order valence-electron chi connectivity index (χ2n) is 5.76. The number of hydrogen-bond donors (Lipinski definition) is 1. The summed E-state index contributed by atoms with van der Waals surface area (Å²) in [4.78, 5) is 37.0. The fourth-order valence-corrected chi connectivity index (χ4v) is 3.40. The van der Waals surface area contributed by atoms with E-state index in [1.165, 1.54) is 7.11 Å². The molecule has 8 heteroatoms. The molecule has 0 atom stereocenters. The monoisotopic (exact) mass is 399 g/mol. The topological polar surface area (TPSA) is 93.1 Å². The molecular weight excluding hydrogens is 382 g/mol. The number of ether oxygens (including phenoxy) is 2. The number of amides is 2. The predicted molar refractivity (Wildman–Crippen MR) is 106 cm³/mol. The van der Waals surface area contributed by atoms with Gasteiger partial charge < -0.3 is 14.6 Å². The largest absolute Gasteiger partial charge is 0.493 e. The maximum absolute atomic E-state index is 12.7. The van der Waals surface area contributed by atoms with Crippen LogP contribution in [-0.4, -0.2) is 35.9 Å². The van der Waals surface area contributed by atoms with Crippen LogP contribution in [0.2, 0.25) is 0 Å². The number of hydrogen-bond acceptors (Lipinski definition) is 6. The highest BCUT2D eigenvalue weighted by atomic mass is 32.2. The van der Waals surface area contributed by atoms with Crippen LogP contribution in [0.15, 0.2) is 53.4 Å². The molecule has 1 saturated heterocycles. The fraction of sp³-hybridized carbons (Fsp3) is 0.150. The van der Waals surface area contributed by atoms with E-state index in [0.717, 1.165) is 16.7 Å². The van der Waals surface area contributed by atoms with Crippen molar-refractivity contribution in [2.24, 2.45) is 0 Å². The van der Waals surface area contributed by atoms with Gasteiger partial charge in [-0.25, -0.2) is 4.90 Å². The number of thioether (sulfide) groups is 1. The second kappa shape index (κ2) is 8.62. The summed E-state index contributed by atoms with van der Waals surface area (Å²) < 4.78 is 10.7. The van der Waals surface area contributed by atoms with E-state index in [-0.39, 0.29) is 24.2 Å². The molecule has 1 heterocycles. The highest BCUT2D eigenvalue weighted by Crippen LogP contribution is 2.36. The number of carboxylic acids is 1. The number of benzene rings is 2. The van der Waals surface area contributed by atoms with Crippen molar-refractivity contribution in [2.45, 2.75) is 6.42 Å². The Bertz CT molecular complexity index is 941. The molecule has 0 aliphatic carbocycles. The number of imide groups is 1. The third-order valence-electron chi connectivity index (χ3n) is 3.87. The van der Waals surface area contributed by atoms with Gasteiger partial charge in [0.1, 0.15) is 0 Å². The lowest BCUT2D eigenvalue weighted by Crippen LogP contribution is -2.27. The van der Waals surface area contributed by atoms with Crippen molar-refractivity contribution in [3.63, 3.8) is 0 Å². The third kappa shape index (κ3) is 4.34. The van der Waals surface area contributed by atoms with Crippen molar-refractivity contribution in [2.75, 3.05) is 18.6 Å². The summed E-state index contributed by atoms with van der Waals surface area (Å²) >= 11 is 0.867. The van der Waals surface area contributed by atoms with E-state index in [1.54, 1.807) is 48.5 Å². The fourth-order valence-electron chi connectivity index (χ4n) is 2.56. The summed E-state index contributed by atoms with van der Waals surface area (Å²) in [5, 5.41) is 8.33. The first-order valence-electron chi connectivity index (χ1n) is 8.35. The van der Waals surface area contributed by atoms with Crippen LogP contribution in [0, 0.1) is 0 Å². The number of nitrogens with zero attached hydrogens (tertiary/aromatic N) is 1. The first-order valence-corrected chi connectivity index (χ1v) is 9.17. The zero-order valence-corrected chi connectivity index (χ0v) is 15.8. The zero-order chi connectivity index (χ0) is 20.1. The van der Waals surface area contributed by atoms with Crippen LogP contribution in [0.1, 0.15) is 12.0 Å². The van der Waals surface area contributed by atoms with Crippen molar-refractivity contribution in [1.29, 1.82) is 0 Å². The van der Waals surface area contributed by atoms with E-state index in [0.29, 0.717) is 27.7 Å². The van der Waals surface area contributed by atoms with Crippen LogP contribution in [0.5, 0.6) is 11.5 Å². The van der Waals surface area contributed by atoms with E-state index in [4.69, 9.17) is 14.6 Å². The van der Waals surface area contributed by atoms with Crippen molar-refractivity contribution in [3.05, 3.63) is 59.0 Å². The molecule has 0 unspecified atom stereocenters. The molecule has 0 saturated carbocycles. The van der Waals surface area contributed by atoms with Gasteiger partial charge in [-0.05, 0) is 47.7 Å². The van der Waals surface area contributed by atoms with Crippen LogP contribution in [-0.2, 0) is 9.59 Å². The molecule has 0 aromatic heterocycles. The summed E-state index contributed by atoms with van der Waals surface area (Å²) in [6, 6.07) is 13.7. The number of carboxylic acid groups (broad SMARTS) is 1. The Morgan fingerprint density at radius 1 is 1.14 bits per heavy atom. The number of carbonyl (C=O) groups excluding carboxylic acids is 2. The number of anilines is 1. The molecule has 28 heavy (non-hydrogen) atoms. The van der Waals surface area contributed by atoms with Gasteiger partial charge in [-0.1, -0.05) is 24.3 Å². The molecule has 1 N–H and O–H groups in total. The molecule has 0 bridgehead atoms. The van der Waals surface area contributed by atoms with Crippen molar-refractivity contribution in [3.8, 4) is 11.5 Å². The van der Waals surface area contributed by atoms with Crippen LogP contribution < -0.4 is 14.4 Å². The smallest absolute Gasteiger partial charge is 0.306 e. The van der Waals surface area contributed by atoms with Crippen molar-refractivity contribution >= 4 is 40.6 Å². The van der Waals surface area contributed by atoms with Gasteiger partial charge >= 0.3 is 5.97 Å². The van der Waals surface area contributed by atoms with E-state index >= 15 is 0 Å². The number of methoxy groups -OCH3 is 1. The van der Waals surface area contributed by atoms with Crippen LogP contribution in [0.4, 0.5) is 10.5 Å². The van der Waals surface area contributed by atoms with Gasteiger partial charge in [0.25, 0.3) is 11.1 Å². The minimum Gasteiger partial charge on any atom is -0.493 e. The van der Waals surface area contributed by atoms with E-state index in [9.17, 15) is 14.4 Å². The quantitative estimate of drug-likeness (QED) is 0.708. The van der Waals surface area contributed by atoms with Gasteiger partial charge in [0.2, 0.25) is 0 Å². The van der Waals surface area contributed by atoms with Crippen LogP contribution in [0.25, 0.3) is 6.08 Å². The zero-order valence-electron chi connectivity index (χ0n) is 15.0. The van der Waals surface area contributed by atoms with E-state index in [1.807, 2.05) is 6.07 Å². The van der Waals surface area contributed by atoms with Gasteiger partial charge in [-0.3, -0.25) is 14.4 Å². The molecule has 144 valence electrons. The molecule has 0 spiro atoms. The molecule has 2 amide bonds. The number of para-hydroxylation sites is 1. The molecule has 2 aromatic rings. The maximum atomic E-state index is 12.7. The molecule has 1 aliphatic heterocycles. The molecule has 1 aliphatic rings. The Morgan fingerprint density at radius 2 is 1.89 bits per heavy atom. The van der Waals surface area contributed by atoms with Crippen molar-refractivity contribution < 1.29 is 29.0 Å². The Morgan fingerprint density at radius 3 is 2.57 bits per heavy atom. The normalized spacial score (nSPS) is 15.2. The Hall–Kier alpha value is -3.26. The predicted octanol–water partition coefficient (Wildman–Crippen LogP) is 3.79. The Kier molecular flexibility index (Phi) is 6.00. The molecular formula is C20H17NO6S. The van der Waals surface area contributed by atoms with Crippen LogP contribution >= 0.6 is 11.8 Å². The van der Waals surface area contributed by atoms with Crippen molar-refractivity contribution in [1.82, 2.24) is 0 Å². The summed E-state index contributed by atoms with van der Waals surface area (Å²) in [6.07, 6.45) is 1.48. The van der Waals surface area contributed by atoms with Crippen LogP contribution in [0.3, 0.4) is 0 Å². The highest BCUT2D eigenvalue weighted by Gasteiger charge is 2.36. The maximum Gasteiger partial charge on any atom is 0.306 e. The van der Waals surface area contributed by atoms with E-state index in [2.05, 4.69) is 0 Å². The first kappa shape index (κ1) is 19.5. The molecule has 3 rings (SSSR count). The Balaban J connectivity index is 1.80. The minimum absolute atomic E-state index is 0.0149. The summed E-state index contributed by atoms with van der Waals surface area (Å²) in [7, 11) is 1.46.